The second-order valence-electron chi connectivity index (χ2n) is 5.76. The van der Waals surface area contributed by atoms with Crippen molar-refractivity contribution in [3.8, 4) is 5.75 Å². The first kappa shape index (κ1) is 16.4. The molecule has 0 bridgehead atoms. The standard InChI is InChI=1S/C16H18FNO3S/c1-9-13(14(19)20)22-15(18-9)16(2,3)8-10-7-11(17)5-6-12(10)21-4/h5-7H,8H2,1-4H3,(H,19,20). The molecule has 1 heterocycles. The van der Waals surface area contributed by atoms with E-state index >= 15 is 0 Å². The number of carboxylic acid groups (broad SMARTS) is 1. The average Bonchev–Trinajstić information content (AvgIpc) is 2.82. The van der Waals surface area contributed by atoms with Gasteiger partial charge in [0.25, 0.3) is 0 Å². The normalized spacial score (nSPS) is 11.5. The first-order chi connectivity index (χ1) is 10.2. The minimum Gasteiger partial charge on any atom is -0.496 e. The molecule has 0 fully saturated rings. The van der Waals surface area contributed by atoms with E-state index in [-0.39, 0.29) is 10.7 Å². The Morgan fingerprint density at radius 1 is 1.45 bits per heavy atom. The van der Waals surface area contributed by atoms with Crippen molar-refractivity contribution in [1.82, 2.24) is 4.98 Å². The average molecular weight is 323 g/mol. The van der Waals surface area contributed by atoms with Gasteiger partial charge in [-0.1, -0.05) is 13.8 Å². The lowest BCUT2D eigenvalue weighted by molar-refractivity contribution is 0.0701. The molecular formula is C16H18FNO3S. The molecule has 1 aromatic heterocycles. The molecule has 0 aliphatic rings. The van der Waals surface area contributed by atoms with Crippen molar-refractivity contribution in [3.63, 3.8) is 0 Å². The molecule has 1 aromatic carbocycles. The fraction of sp³-hybridized carbons (Fsp3) is 0.375. The number of benzene rings is 1. The molecule has 0 unspecified atom stereocenters. The molecule has 0 saturated heterocycles. The van der Waals surface area contributed by atoms with Gasteiger partial charge in [0.05, 0.1) is 17.8 Å². The lowest BCUT2D eigenvalue weighted by Crippen LogP contribution is -2.21. The zero-order chi connectivity index (χ0) is 16.5. The summed E-state index contributed by atoms with van der Waals surface area (Å²) < 4.78 is 18.8. The smallest absolute Gasteiger partial charge is 0.347 e. The number of carboxylic acids is 1. The zero-order valence-corrected chi connectivity index (χ0v) is 13.8. The number of aromatic carboxylic acids is 1. The minimum absolute atomic E-state index is 0.245. The van der Waals surface area contributed by atoms with E-state index in [0.717, 1.165) is 5.56 Å². The van der Waals surface area contributed by atoms with E-state index in [1.807, 2.05) is 13.8 Å². The van der Waals surface area contributed by atoms with Gasteiger partial charge in [-0.3, -0.25) is 0 Å². The molecule has 2 rings (SSSR count). The largest absolute Gasteiger partial charge is 0.496 e. The van der Waals surface area contributed by atoms with Crippen LogP contribution in [0.5, 0.6) is 5.75 Å². The van der Waals surface area contributed by atoms with Crippen LogP contribution in [-0.2, 0) is 11.8 Å². The first-order valence-corrected chi connectivity index (χ1v) is 7.60. The quantitative estimate of drug-likeness (QED) is 0.909. The number of thiazole rings is 1. The maximum absolute atomic E-state index is 13.5. The number of aromatic nitrogens is 1. The van der Waals surface area contributed by atoms with Gasteiger partial charge in [0, 0.05) is 5.41 Å². The van der Waals surface area contributed by atoms with Gasteiger partial charge in [0.1, 0.15) is 16.4 Å². The summed E-state index contributed by atoms with van der Waals surface area (Å²) in [6.07, 6.45) is 0.500. The van der Waals surface area contributed by atoms with E-state index < -0.39 is 11.4 Å². The number of halogens is 1. The third kappa shape index (κ3) is 3.27. The number of hydrogen-bond acceptors (Lipinski definition) is 4. The van der Waals surface area contributed by atoms with Gasteiger partial charge in [0.2, 0.25) is 0 Å². The molecule has 0 aliphatic carbocycles. The molecule has 0 radical (unpaired) electrons. The summed E-state index contributed by atoms with van der Waals surface area (Å²) in [7, 11) is 1.54. The lowest BCUT2D eigenvalue weighted by Gasteiger charge is -2.23. The van der Waals surface area contributed by atoms with Gasteiger partial charge < -0.3 is 9.84 Å². The Bertz CT molecular complexity index is 709. The van der Waals surface area contributed by atoms with Crippen LogP contribution >= 0.6 is 11.3 Å². The van der Waals surface area contributed by atoms with Crippen LogP contribution in [0.4, 0.5) is 4.39 Å². The monoisotopic (exact) mass is 323 g/mol. The van der Waals surface area contributed by atoms with Gasteiger partial charge in [-0.05, 0) is 37.1 Å². The molecular weight excluding hydrogens is 305 g/mol. The summed E-state index contributed by atoms with van der Waals surface area (Å²) in [6, 6.07) is 4.39. The van der Waals surface area contributed by atoms with Crippen LogP contribution in [0.2, 0.25) is 0 Å². The molecule has 0 atom stereocenters. The Morgan fingerprint density at radius 3 is 2.68 bits per heavy atom. The number of ether oxygens (including phenoxy) is 1. The Hall–Kier alpha value is -1.95. The van der Waals surface area contributed by atoms with Crippen molar-refractivity contribution in [3.05, 3.63) is 45.2 Å². The summed E-state index contributed by atoms with van der Waals surface area (Å²) >= 11 is 1.17. The van der Waals surface area contributed by atoms with Crippen LogP contribution in [-0.4, -0.2) is 23.2 Å². The fourth-order valence-electron chi connectivity index (χ4n) is 2.32. The predicted octanol–water partition coefficient (Wildman–Crippen LogP) is 3.82. The predicted molar refractivity (Wildman–Crippen MR) is 83.5 cm³/mol. The molecule has 0 aliphatic heterocycles. The Morgan fingerprint density at radius 2 is 2.14 bits per heavy atom. The molecule has 4 nitrogen and oxygen atoms in total. The third-order valence-electron chi connectivity index (χ3n) is 3.44. The highest BCUT2D eigenvalue weighted by Crippen LogP contribution is 2.35. The van der Waals surface area contributed by atoms with E-state index in [9.17, 15) is 9.18 Å². The van der Waals surface area contributed by atoms with Crippen LogP contribution in [0.25, 0.3) is 0 Å². The van der Waals surface area contributed by atoms with Gasteiger partial charge in [-0.15, -0.1) is 11.3 Å². The minimum atomic E-state index is -0.972. The first-order valence-electron chi connectivity index (χ1n) is 6.78. The van der Waals surface area contributed by atoms with E-state index in [1.165, 1.54) is 23.5 Å². The van der Waals surface area contributed by atoms with Gasteiger partial charge >= 0.3 is 5.97 Å². The Labute approximate surface area is 132 Å². The molecule has 118 valence electrons. The topological polar surface area (TPSA) is 59.4 Å². The Kier molecular flexibility index (Phi) is 4.51. The highest BCUT2D eigenvalue weighted by atomic mass is 32.1. The summed E-state index contributed by atoms with van der Waals surface area (Å²) in [4.78, 5) is 15.8. The summed E-state index contributed by atoms with van der Waals surface area (Å²) in [5, 5.41) is 9.87. The molecule has 0 amide bonds. The number of methoxy groups -OCH3 is 1. The van der Waals surface area contributed by atoms with E-state index in [2.05, 4.69) is 4.98 Å². The fourth-order valence-corrected chi connectivity index (χ4v) is 3.33. The second kappa shape index (κ2) is 6.04. The summed E-state index contributed by atoms with van der Waals surface area (Å²) in [6.45, 7) is 5.60. The molecule has 6 heteroatoms. The van der Waals surface area contributed by atoms with Crippen molar-refractivity contribution >= 4 is 17.3 Å². The number of rotatable bonds is 5. The zero-order valence-electron chi connectivity index (χ0n) is 12.9. The molecule has 0 spiro atoms. The van der Waals surface area contributed by atoms with Crippen LogP contribution in [0.3, 0.4) is 0 Å². The highest BCUT2D eigenvalue weighted by Gasteiger charge is 2.29. The molecule has 2 aromatic rings. The van der Waals surface area contributed by atoms with E-state index in [4.69, 9.17) is 9.84 Å². The maximum Gasteiger partial charge on any atom is 0.347 e. The molecule has 22 heavy (non-hydrogen) atoms. The van der Waals surface area contributed by atoms with Crippen LogP contribution in [0, 0.1) is 12.7 Å². The number of aryl methyl sites for hydroxylation is 1. The van der Waals surface area contributed by atoms with E-state index in [1.54, 1.807) is 20.1 Å². The van der Waals surface area contributed by atoms with Crippen LogP contribution in [0.15, 0.2) is 18.2 Å². The third-order valence-corrected chi connectivity index (χ3v) is 4.96. The van der Waals surface area contributed by atoms with Gasteiger partial charge in [0.15, 0.2) is 0 Å². The Balaban J connectivity index is 2.37. The second-order valence-corrected chi connectivity index (χ2v) is 6.75. The van der Waals surface area contributed by atoms with Gasteiger partial charge in [-0.2, -0.15) is 0 Å². The van der Waals surface area contributed by atoms with Crippen LogP contribution in [0.1, 0.15) is 39.8 Å². The van der Waals surface area contributed by atoms with Gasteiger partial charge in [-0.25, -0.2) is 14.2 Å². The summed E-state index contributed by atoms with van der Waals surface area (Å²) in [5.74, 6) is -0.685. The van der Waals surface area contributed by atoms with Crippen molar-refractivity contribution in [2.24, 2.45) is 0 Å². The number of hydrogen-bond donors (Lipinski definition) is 1. The highest BCUT2D eigenvalue weighted by molar-refractivity contribution is 7.13. The summed E-state index contributed by atoms with van der Waals surface area (Å²) in [5.41, 5.74) is 0.813. The molecule has 0 saturated carbocycles. The SMILES string of the molecule is COc1ccc(F)cc1CC(C)(C)c1nc(C)c(C(=O)O)s1. The lowest BCUT2D eigenvalue weighted by atomic mass is 9.86. The molecule has 1 N–H and O–H groups in total. The van der Waals surface area contributed by atoms with Crippen LogP contribution < -0.4 is 4.74 Å². The van der Waals surface area contributed by atoms with Crippen molar-refractivity contribution < 1.29 is 19.0 Å². The maximum atomic E-state index is 13.5. The van der Waals surface area contributed by atoms with Crippen molar-refractivity contribution in [2.45, 2.75) is 32.6 Å². The van der Waals surface area contributed by atoms with E-state index in [0.29, 0.717) is 22.9 Å². The number of carbonyl (C=O) groups is 1. The van der Waals surface area contributed by atoms with Crippen molar-refractivity contribution in [2.75, 3.05) is 7.11 Å². The van der Waals surface area contributed by atoms with Crippen molar-refractivity contribution in [1.29, 1.82) is 0 Å². The number of nitrogens with zero attached hydrogens (tertiary/aromatic N) is 1.